The second-order valence-electron chi connectivity index (χ2n) is 21.1. The van der Waals surface area contributed by atoms with E-state index >= 15 is 0 Å². The second kappa shape index (κ2) is 20.4. The summed E-state index contributed by atoms with van der Waals surface area (Å²) in [7, 11) is 0. The number of hydrogen-bond donors (Lipinski definition) is 3. The predicted octanol–water partition coefficient (Wildman–Crippen LogP) is 11.7. The molecular formula is C60H57F6N3O6. The molecule has 1 amide bonds. The van der Waals surface area contributed by atoms with E-state index in [1.54, 1.807) is 60.9 Å². The van der Waals surface area contributed by atoms with Crippen molar-refractivity contribution in [2.24, 2.45) is 11.8 Å². The number of rotatable bonds is 10. The van der Waals surface area contributed by atoms with Crippen LogP contribution in [0.15, 0.2) is 134 Å². The highest BCUT2D eigenvalue weighted by Crippen LogP contribution is 2.59. The zero-order valence-corrected chi connectivity index (χ0v) is 41.5. The number of nitrogens with one attached hydrogen (secondary N) is 1. The van der Waals surface area contributed by atoms with E-state index in [-0.39, 0.29) is 55.9 Å². The van der Waals surface area contributed by atoms with Crippen LogP contribution >= 0.6 is 0 Å². The molecule has 1 aliphatic heterocycles. The standard InChI is InChI=1S/C30H29F3N2O3.C30H28F3NO3/c1-19-21(8-5-13-34-19)15-26(36)22-9-10-24-25(14-22)35-27(37)16-23-18-29(38,30(31,32)33)12-11-28(23,24)17-20-6-3-2-4-7-20;1-19-21(8-5-13-34-19)15-26(35)22-9-10-25-24(14-22)27(36)16-23-18-29(37,30(31,32)33)12-11-28(23,25)17-20-6-3-2-4-7-20/h2-10,13-14,23,38H,11-12,15-18H2,1H3,(H,35,37);2-10,13-14,23,37H,11-12,15-18H2,1H3/t2*23-,28+,29-/m11/s1. The van der Waals surface area contributed by atoms with Crippen molar-refractivity contribution in [1.82, 2.24) is 9.97 Å². The van der Waals surface area contributed by atoms with Gasteiger partial charge < -0.3 is 15.5 Å². The third-order valence-corrected chi connectivity index (χ3v) is 16.6. The molecule has 6 atom stereocenters. The van der Waals surface area contributed by atoms with Crippen LogP contribution in [0.5, 0.6) is 0 Å². The number of amides is 1. The number of fused-ring (bicyclic) bond motifs is 6. The fourth-order valence-corrected chi connectivity index (χ4v) is 12.4. The molecule has 0 spiro atoms. The van der Waals surface area contributed by atoms with Crippen molar-refractivity contribution in [3.05, 3.63) is 195 Å². The Balaban J connectivity index is 0.000000184. The zero-order chi connectivity index (χ0) is 53.6. The molecule has 2 saturated carbocycles. The first-order valence-electron chi connectivity index (χ1n) is 25.2. The summed E-state index contributed by atoms with van der Waals surface area (Å²) in [5.74, 6) is -2.43. The lowest BCUT2D eigenvalue weighted by Gasteiger charge is -2.53. The summed E-state index contributed by atoms with van der Waals surface area (Å²) in [6.45, 7) is 3.66. The van der Waals surface area contributed by atoms with E-state index in [1.807, 2.05) is 86.6 Å². The Bertz CT molecular complexity index is 3150. The Morgan fingerprint density at radius 1 is 0.587 bits per heavy atom. The number of hydrogen-bond acceptors (Lipinski definition) is 8. The molecular weight excluding hydrogens is 973 g/mol. The summed E-state index contributed by atoms with van der Waals surface area (Å²) in [4.78, 5) is 61.0. The SMILES string of the molecule is Cc1ncccc1CC(=O)c1ccc2c(c1)C(=O)C[C@@H]1C[C@@](O)(C(F)(F)F)CC[C@@]21Cc1ccccc1.Cc1ncccc1CC(=O)c1ccc2c(c1)NC(=O)C[C@@H]1C[C@@](O)(C(F)(F)F)CC[C@@]21Cc1ccccc1. The first-order chi connectivity index (χ1) is 35.5. The van der Waals surface area contributed by atoms with Gasteiger partial charge in [-0.1, -0.05) is 97.1 Å². The summed E-state index contributed by atoms with van der Waals surface area (Å²) in [6.07, 6.45) is -7.18. The molecule has 4 aromatic carbocycles. The molecule has 0 bridgehead atoms. The third-order valence-electron chi connectivity index (χ3n) is 16.6. The second-order valence-corrected chi connectivity index (χ2v) is 21.1. The highest BCUT2D eigenvalue weighted by molar-refractivity contribution is 6.04. The number of aliphatic hydroxyl groups is 2. The van der Waals surface area contributed by atoms with E-state index in [9.17, 15) is 55.7 Å². The van der Waals surface area contributed by atoms with Gasteiger partial charge in [-0.2, -0.15) is 26.3 Å². The van der Waals surface area contributed by atoms with Crippen molar-refractivity contribution >= 4 is 28.9 Å². The molecule has 0 saturated heterocycles. The maximum Gasteiger partial charge on any atom is 0.417 e. The van der Waals surface area contributed by atoms with Gasteiger partial charge in [0, 0.05) is 82.7 Å². The van der Waals surface area contributed by atoms with E-state index in [4.69, 9.17) is 0 Å². The van der Waals surface area contributed by atoms with E-state index in [0.717, 1.165) is 33.6 Å². The number of pyridine rings is 2. The van der Waals surface area contributed by atoms with Crippen LogP contribution in [-0.4, -0.2) is 67.0 Å². The zero-order valence-electron chi connectivity index (χ0n) is 41.5. The van der Waals surface area contributed by atoms with Gasteiger partial charge in [0.25, 0.3) is 0 Å². The average molecular weight is 1030 g/mol. The molecule has 2 aromatic heterocycles. The molecule has 3 heterocycles. The van der Waals surface area contributed by atoms with Crippen LogP contribution in [0.1, 0.15) is 127 Å². The number of carbonyl (C=O) groups excluding carboxylic acids is 4. The van der Waals surface area contributed by atoms with E-state index in [2.05, 4.69) is 15.3 Å². The Morgan fingerprint density at radius 2 is 1.04 bits per heavy atom. The van der Waals surface area contributed by atoms with Crippen molar-refractivity contribution in [2.75, 3.05) is 5.32 Å². The molecule has 75 heavy (non-hydrogen) atoms. The summed E-state index contributed by atoms with van der Waals surface area (Å²) in [5, 5.41) is 24.0. The molecule has 15 heteroatoms. The minimum absolute atomic E-state index is 0.0483. The monoisotopic (exact) mass is 1030 g/mol. The maximum atomic E-state index is 13.9. The fraction of sp³-hybridized carbons (Fsp3) is 0.367. The first kappa shape index (κ1) is 53.0. The number of halogens is 6. The number of aryl methyl sites for hydroxylation is 2. The van der Waals surface area contributed by atoms with Crippen LogP contribution in [0.25, 0.3) is 0 Å². The molecule has 390 valence electrons. The number of Topliss-reactive ketones (excluding diaryl/α,β-unsaturated/α-hetero) is 3. The van der Waals surface area contributed by atoms with Crippen molar-refractivity contribution in [3.63, 3.8) is 0 Å². The van der Waals surface area contributed by atoms with E-state index in [1.165, 1.54) is 0 Å². The molecule has 6 aromatic rings. The molecule has 0 unspecified atom stereocenters. The van der Waals surface area contributed by atoms with Gasteiger partial charge in [-0.25, -0.2) is 0 Å². The molecule has 3 N–H and O–H groups in total. The molecule has 3 aliphatic carbocycles. The maximum absolute atomic E-state index is 13.9. The fourth-order valence-electron chi connectivity index (χ4n) is 12.4. The Kier molecular flexibility index (Phi) is 14.4. The number of nitrogens with zero attached hydrogens (tertiary/aromatic N) is 2. The summed E-state index contributed by atoms with van der Waals surface area (Å²) < 4.78 is 83.1. The highest BCUT2D eigenvalue weighted by Gasteiger charge is 2.63. The smallest absolute Gasteiger partial charge is 0.380 e. The van der Waals surface area contributed by atoms with Crippen molar-refractivity contribution < 1.29 is 55.7 Å². The number of alkyl halides is 6. The number of carbonyl (C=O) groups is 4. The Morgan fingerprint density at radius 3 is 1.52 bits per heavy atom. The van der Waals surface area contributed by atoms with Gasteiger partial charge in [0.1, 0.15) is 0 Å². The summed E-state index contributed by atoms with van der Waals surface area (Å²) in [5.41, 5.74) is 0.804. The largest absolute Gasteiger partial charge is 0.417 e. The van der Waals surface area contributed by atoms with Gasteiger partial charge in [-0.05, 0) is 135 Å². The van der Waals surface area contributed by atoms with Gasteiger partial charge in [0.15, 0.2) is 28.6 Å². The predicted molar refractivity (Wildman–Crippen MR) is 269 cm³/mol. The van der Waals surface area contributed by atoms with Gasteiger partial charge in [-0.15, -0.1) is 0 Å². The first-order valence-corrected chi connectivity index (χ1v) is 25.2. The average Bonchev–Trinajstić information content (AvgIpc) is 3.51. The van der Waals surface area contributed by atoms with Crippen molar-refractivity contribution in [1.29, 1.82) is 0 Å². The van der Waals surface area contributed by atoms with Gasteiger partial charge >= 0.3 is 12.4 Å². The van der Waals surface area contributed by atoms with Crippen LogP contribution < -0.4 is 5.32 Å². The number of benzene rings is 4. The molecule has 10 rings (SSSR count). The summed E-state index contributed by atoms with van der Waals surface area (Å²) in [6, 6.07) is 36.3. The minimum Gasteiger partial charge on any atom is -0.380 e. The van der Waals surface area contributed by atoms with Crippen molar-refractivity contribution in [2.45, 2.75) is 125 Å². The molecule has 2 fully saturated rings. The lowest BCUT2D eigenvalue weighted by Crippen LogP contribution is -2.57. The van der Waals surface area contributed by atoms with E-state index in [0.29, 0.717) is 46.3 Å². The van der Waals surface area contributed by atoms with Gasteiger partial charge in [-0.3, -0.25) is 29.1 Å². The molecule has 9 nitrogen and oxygen atoms in total. The van der Waals surface area contributed by atoms with E-state index < -0.39 is 77.8 Å². The van der Waals surface area contributed by atoms with Gasteiger partial charge in [0.2, 0.25) is 5.91 Å². The topological polar surface area (TPSA) is 147 Å². The van der Waals surface area contributed by atoms with Crippen LogP contribution in [-0.2, 0) is 41.3 Å². The molecule has 4 aliphatic rings. The lowest BCUT2D eigenvalue weighted by molar-refractivity contribution is -0.279. The van der Waals surface area contributed by atoms with Gasteiger partial charge in [0.05, 0.1) is 0 Å². The number of aromatic nitrogens is 2. The van der Waals surface area contributed by atoms with Crippen LogP contribution in [0.2, 0.25) is 0 Å². The Labute approximate surface area is 430 Å². The molecule has 0 radical (unpaired) electrons. The van der Waals surface area contributed by atoms with Crippen LogP contribution in [0, 0.1) is 25.7 Å². The normalized spacial score (nSPS) is 25.2. The quantitative estimate of drug-likeness (QED) is 0.0908. The Hall–Kier alpha value is -6.84. The van der Waals surface area contributed by atoms with Crippen LogP contribution in [0.3, 0.4) is 0 Å². The lowest BCUT2D eigenvalue weighted by atomic mass is 9.52. The summed E-state index contributed by atoms with van der Waals surface area (Å²) >= 11 is 0. The highest BCUT2D eigenvalue weighted by atomic mass is 19.4. The van der Waals surface area contributed by atoms with Crippen LogP contribution in [0.4, 0.5) is 32.0 Å². The van der Waals surface area contributed by atoms with Crippen molar-refractivity contribution in [3.8, 4) is 0 Å². The minimum atomic E-state index is -4.79. The third kappa shape index (κ3) is 10.5. The number of anilines is 1. The number of ketones is 3.